The third-order valence-electron chi connectivity index (χ3n) is 3.35. The van der Waals surface area contributed by atoms with E-state index in [0.717, 1.165) is 0 Å². The molecule has 0 unspecified atom stereocenters. The van der Waals surface area contributed by atoms with Crippen molar-refractivity contribution in [2.45, 2.75) is 24.8 Å². The molecule has 0 heterocycles. The first kappa shape index (κ1) is 18.1. The van der Waals surface area contributed by atoms with Crippen LogP contribution >= 0.6 is 0 Å². The quantitative estimate of drug-likeness (QED) is 0.805. The second-order valence-electron chi connectivity index (χ2n) is 5.20. The number of carbonyl (C=O) groups is 1. The monoisotopic (exact) mass is 350 g/mol. The highest BCUT2D eigenvalue weighted by Crippen LogP contribution is 2.12. The predicted molar refractivity (Wildman–Crippen MR) is 89.5 cm³/mol. The summed E-state index contributed by atoms with van der Waals surface area (Å²) < 4.78 is 40.2. The van der Waals surface area contributed by atoms with Crippen molar-refractivity contribution in [3.63, 3.8) is 0 Å². The Morgan fingerprint density at radius 1 is 1.12 bits per heavy atom. The molecule has 0 aromatic heterocycles. The standard InChI is InChI=1S/C17H19FN2O3S/c1-2-10-20-24(22,23)15-8-5-7-13(11-15)17(21)19-12-14-6-3-4-9-16(14)18/h3-9,11,20H,2,10,12H2,1H3,(H,19,21). The normalized spacial score (nSPS) is 11.2. The van der Waals surface area contributed by atoms with Crippen molar-refractivity contribution in [2.75, 3.05) is 6.54 Å². The molecule has 24 heavy (non-hydrogen) atoms. The van der Waals surface area contributed by atoms with Crippen LogP contribution in [0.25, 0.3) is 0 Å². The summed E-state index contributed by atoms with van der Waals surface area (Å²) in [4.78, 5) is 12.2. The molecule has 0 radical (unpaired) electrons. The van der Waals surface area contributed by atoms with Gasteiger partial charge in [0.1, 0.15) is 5.82 Å². The zero-order chi connectivity index (χ0) is 17.6. The van der Waals surface area contributed by atoms with Gasteiger partial charge in [-0.15, -0.1) is 0 Å². The van der Waals surface area contributed by atoms with Crippen molar-refractivity contribution >= 4 is 15.9 Å². The number of hydrogen-bond donors (Lipinski definition) is 2. The molecule has 2 rings (SSSR count). The van der Waals surface area contributed by atoms with Crippen LogP contribution in [0.4, 0.5) is 4.39 Å². The minimum atomic E-state index is -3.64. The highest BCUT2D eigenvalue weighted by Gasteiger charge is 2.15. The molecule has 0 aliphatic rings. The van der Waals surface area contributed by atoms with Gasteiger partial charge in [-0.2, -0.15) is 0 Å². The topological polar surface area (TPSA) is 75.3 Å². The molecule has 7 heteroatoms. The van der Waals surface area contributed by atoms with E-state index in [1.165, 1.54) is 30.3 Å². The van der Waals surface area contributed by atoms with Gasteiger partial charge in [0.25, 0.3) is 5.91 Å². The number of sulfonamides is 1. The van der Waals surface area contributed by atoms with E-state index in [0.29, 0.717) is 18.5 Å². The Labute approximate surface area is 141 Å². The number of halogens is 1. The zero-order valence-corrected chi connectivity index (χ0v) is 14.1. The summed E-state index contributed by atoms with van der Waals surface area (Å²) in [5.74, 6) is -0.872. The molecule has 0 bridgehead atoms. The van der Waals surface area contributed by atoms with Gasteiger partial charge in [-0.1, -0.05) is 31.2 Å². The van der Waals surface area contributed by atoms with E-state index in [2.05, 4.69) is 10.0 Å². The van der Waals surface area contributed by atoms with Gasteiger partial charge in [0.05, 0.1) is 4.90 Å². The van der Waals surface area contributed by atoms with Gasteiger partial charge in [-0.05, 0) is 30.7 Å². The average molecular weight is 350 g/mol. The van der Waals surface area contributed by atoms with Gasteiger partial charge in [0.15, 0.2) is 0 Å². The summed E-state index contributed by atoms with van der Waals surface area (Å²) in [7, 11) is -3.64. The Balaban J connectivity index is 2.10. The van der Waals surface area contributed by atoms with Crippen LogP contribution in [0.1, 0.15) is 29.3 Å². The predicted octanol–water partition coefficient (Wildman–Crippen LogP) is 2.44. The van der Waals surface area contributed by atoms with Gasteiger partial charge < -0.3 is 5.32 Å². The zero-order valence-electron chi connectivity index (χ0n) is 13.3. The third kappa shape index (κ3) is 4.62. The number of nitrogens with one attached hydrogen (secondary N) is 2. The highest BCUT2D eigenvalue weighted by molar-refractivity contribution is 7.89. The van der Waals surface area contributed by atoms with Crippen molar-refractivity contribution in [1.82, 2.24) is 10.0 Å². The number of rotatable bonds is 7. The summed E-state index contributed by atoms with van der Waals surface area (Å²) in [6.45, 7) is 2.21. The average Bonchev–Trinajstić information content (AvgIpc) is 2.59. The van der Waals surface area contributed by atoms with Crippen LogP contribution in [0.15, 0.2) is 53.4 Å². The maximum absolute atomic E-state index is 13.5. The number of amides is 1. The lowest BCUT2D eigenvalue weighted by molar-refractivity contribution is 0.0950. The molecular formula is C17H19FN2O3S. The Kier molecular flexibility index (Phi) is 6.05. The van der Waals surface area contributed by atoms with Crippen molar-refractivity contribution in [1.29, 1.82) is 0 Å². The van der Waals surface area contributed by atoms with E-state index in [4.69, 9.17) is 0 Å². The summed E-state index contributed by atoms with van der Waals surface area (Å²) in [6, 6.07) is 11.9. The summed E-state index contributed by atoms with van der Waals surface area (Å²) in [5.41, 5.74) is 0.560. The molecule has 2 aromatic carbocycles. The molecule has 0 saturated heterocycles. The molecule has 0 aliphatic carbocycles. The Morgan fingerprint density at radius 3 is 2.58 bits per heavy atom. The van der Waals surface area contributed by atoms with Crippen LogP contribution in [0.2, 0.25) is 0 Å². The maximum Gasteiger partial charge on any atom is 0.251 e. The van der Waals surface area contributed by atoms with E-state index in [-0.39, 0.29) is 17.0 Å². The van der Waals surface area contributed by atoms with Crippen molar-refractivity contribution < 1.29 is 17.6 Å². The first-order valence-electron chi connectivity index (χ1n) is 7.55. The first-order valence-corrected chi connectivity index (χ1v) is 9.03. The molecular weight excluding hydrogens is 331 g/mol. The van der Waals surface area contributed by atoms with Crippen molar-refractivity contribution in [2.24, 2.45) is 0 Å². The van der Waals surface area contributed by atoms with Crippen LogP contribution in [-0.2, 0) is 16.6 Å². The van der Waals surface area contributed by atoms with Gasteiger partial charge in [-0.25, -0.2) is 17.5 Å². The fourth-order valence-electron chi connectivity index (χ4n) is 2.04. The van der Waals surface area contributed by atoms with E-state index in [9.17, 15) is 17.6 Å². The van der Waals surface area contributed by atoms with Crippen LogP contribution in [-0.4, -0.2) is 20.9 Å². The molecule has 0 atom stereocenters. The molecule has 0 spiro atoms. The van der Waals surface area contributed by atoms with Crippen LogP contribution in [0.5, 0.6) is 0 Å². The lowest BCUT2D eigenvalue weighted by Crippen LogP contribution is -2.26. The number of carbonyl (C=O) groups excluding carboxylic acids is 1. The molecule has 0 fully saturated rings. The molecule has 2 aromatic rings. The lowest BCUT2D eigenvalue weighted by atomic mass is 10.2. The third-order valence-corrected chi connectivity index (χ3v) is 4.80. The fraction of sp³-hybridized carbons (Fsp3) is 0.235. The summed E-state index contributed by atoms with van der Waals surface area (Å²) in [5, 5.41) is 2.58. The van der Waals surface area contributed by atoms with E-state index in [1.54, 1.807) is 18.2 Å². The van der Waals surface area contributed by atoms with Gasteiger partial charge in [0, 0.05) is 24.2 Å². The Morgan fingerprint density at radius 2 is 1.88 bits per heavy atom. The number of benzene rings is 2. The van der Waals surface area contributed by atoms with Gasteiger partial charge in [0.2, 0.25) is 10.0 Å². The minimum Gasteiger partial charge on any atom is -0.348 e. The van der Waals surface area contributed by atoms with Gasteiger partial charge >= 0.3 is 0 Å². The fourth-order valence-corrected chi connectivity index (χ4v) is 3.22. The highest BCUT2D eigenvalue weighted by atomic mass is 32.2. The second-order valence-corrected chi connectivity index (χ2v) is 6.97. The van der Waals surface area contributed by atoms with E-state index >= 15 is 0 Å². The SMILES string of the molecule is CCCNS(=O)(=O)c1cccc(C(=O)NCc2ccccc2F)c1. The van der Waals surface area contributed by atoms with Gasteiger partial charge in [-0.3, -0.25) is 4.79 Å². The van der Waals surface area contributed by atoms with Crippen LogP contribution in [0, 0.1) is 5.82 Å². The van der Waals surface area contributed by atoms with Crippen molar-refractivity contribution in [3.8, 4) is 0 Å². The first-order chi connectivity index (χ1) is 11.4. The lowest BCUT2D eigenvalue weighted by Gasteiger charge is -2.09. The molecule has 128 valence electrons. The second kappa shape index (κ2) is 8.03. The summed E-state index contributed by atoms with van der Waals surface area (Å²) >= 11 is 0. The van der Waals surface area contributed by atoms with E-state index < -0.39 is 21.7 Å². The summed E-state index contributed by atoms with van der Waals surface area (Å²) in [6.07, 6.45) is 0.669. The molecule has 5 nitrogen and oxygen atoms in total. The minimum absolute atomic E-state index is 0.0227. The molecule has 1 amide bonds. The smallest absolute Gasteiger partial charge is 0.251 e. The molecule has 0 saturated carbocycles. The Hall–Kier alpha value is -2.25. The Bertz CT molecular complexity index is 822. The van der Waals surface area contributed by atoms with Crippen molar-refractivity contribution in [3.05, 3.63) is 65.5 Å². The van der Waals surface area contributed by atoms with E-state index in [1.807, 2.05) is 6.92 Å². The molecule has 2 N–H and O–H groups in total. The number of hydrogen-bond acceptors (Lipinski definition) is 3. The van der Waals surface area contributed by atoms with Crippen LogP contribution < -0.4 is 10.0 Å². The largest absolute Gasteiger partial charge is 0.348 e. The maximum atomic E-state index is 13.5. The molecule has 0 aliphatic heterocycles. The van der Waals surface area contributed by atoms with Crippen LogP contribution in [0.3, 0.4) is 0 Å².